The zero-order chi connectivity index (χ0) is 29.6. The second-order valence-electron chi connectivity index (χ2n) is 11.1. The maximum atomic E-state index is 14.9. The van der Waals surface area contributed by atoms with E-state index in [2.05, 4.69) is 30.8 Å². The smallest absolute Gasteiger partial charge is 0.257 e. The molecule has 5 heterocycles. The molecule has 4 N–H and O–H groups in total. The van der Waals surface area contributed by atoms with E-state index in [1.54, 1.807) is 16.8 Å². The number of hydrogen-bond acceptors (Lipinski definition) is 9. The number of pyridine rings is 1. The Morgan fingerprint density at radius 2 is 2.02 bits per heavy atom. The minimum absolute atomic E-state index is 0.0297. The van der Waals surface area contributed by atoms with Crippen LogP contribution < -0.4 is 21.2 Å². The number of nitrogen functional groups attached to an aromatic ring is 1. The number of methoxy groups -OCH3 is 1. The van der Waals surface area contributed by atoms with Gasteiger partial charge < -0.3 is 20.7 Å². The van der Waals surface area contributed by atoms with Gasteiger partial charge in [0.2, 0.25) is 17.7 Å². The van der Waals surface area contributed by atoms with Crippen LogP contribution >= 0.6 is 0 Å². The number of rotatable bonds is 7. The van der Waals surface area contributed by atoms with Crippen LogP contribution in [0, 0.1) is 5.92 Å². The van der Waals surface area contributed by atoms with Crippen LogP contribution in [0.5, 0.6) is 5.88 Å². The minimum Gasteiger partial charge on any atom is -0.480 e. The number of alkyl halides is 3. The molecule has 0 aromatic carbocycles. The van der Waals surface area contributed by atoms with Crippen molar-refractivity contribution < 1.29 is 27.5 Å². The van der Waals surface area contributed by atoms with Gasteiger partial charge in [-0.25, -0.2) is 32.7 Å². The zero-order valence-corrected chi connectivity index (χ0v) is 23.0. The Morgan fingerprint density at radius 3 is 2.74 bits per heavy atom. The van der Waals surface area contributed by atoms with Crippen molar-refractivity contribution in [1.29, 1.82) is 0 Å². The summed E-state index contributed by atoms with van der Waals surface area (Å²) in [5, 5.41) is 9.14. The number of nitrogens with one attached hydrogen (secondary N) is 2. The molecule has 2 amide bonds. The van der Waals surface area contributed by atoms with Gasteiger partial charge in [0.15, 0.2) is 5.82 Å². The zero-order valence-electron chi connectivity index (χ0n) is 23.0. The second kappa shape index (κ2) is 11.0. The number of halogens is 3. The van der Waals surface area contributed by atoms with Gasteiger partial charge in [-0.2, -0.15) is 5.10 Å². The number of fused-ring (bicyclic) bond motifs is 1. The normalized spacial score (nSPS) is 22.7. The number of carbonyl (C=O) groups is 2. The third kappa shape index (κ3) is 5.33. The maximum absolute atomic E-state index is 14.9. The average Bonchev–Trinajstić information content (AvgIpc) is 3.52. The molecule has 224 valence electrons. The van der Waals surface area contributed by atoms with Gasteiger partial charge in [0.05, 0.1) is 25.4 Å². The van der Waals surface area contributed by atoms with E-state index in [1.165, 1.54) is 18.3 Å². The van der Waals surface area contributed by atoms with E-state index >= 15 is 0 Å². The number of amides is 2. The molecule has 15 heteroatoms. The molecule has 12 nitrogen and oxygen atoms in total. The lowest BCUT2D eigenvalue weighted by molar-refractivity contribution is -0.159. The van der Waals surface area contributed by atoms with Crippen molar-refractivity contribution in [3.8, 4) is 17.1 Å². The van der Waals surface area contributed by atoms with Gasteiger partial charge in [-0.05, 0) is 30.5 Å². The van der Waals surface area contributed by atoms with E-state index in [0.29, 0.717) is 29.1 Å². The van der Waals surface area contributed by atoms with E-state index in [-0.39, 0.29) is 24.5 Å². The van der Waals surface area contributed by atoms with Crippen molar-refractivity contribution in [2.75, 3.05) is 39.0 Å². The number of nitrogens with two attached hydrogens (primary N) is 1. The number of ether oxygens (including phenoxy) is 1. The Hall–Kier alpha value is -3.98. The first-order valence-electron chi connectivity index (χ1n) is 13.9. The summed E-state index contributed by atoms with van der Waals surface area (Å²) in [6.45, 7) is 1.94. The van der Waals surface area contributed by atoms with Crippen molar-refractivity contribution in [1.82, 2.24) is 40.2 Å². The molecule has 6 rings (SSSR count). The fraction of sp³-hybridized carbons (Fsp3) is 0.519. The van der Waals surface area contributed by atoms with E-state index in [9.17, 15) is 22.8 Å². The van der Waals surface area contributed by atoms with E-state index < -0.39 is 48.7 Å². The summed E-state index contributed by atoms with van der Waals surface area (Å²) in [5.74, 6) is -4.51. The molecule has 0 bridgehead atoms. The van der Waals surface area contributed by atoms with Crippen LogP contribution in [0.25, 0.3) is 16.8 Å². The Kier molecular flexibility index (Phi) is 7.39. The quantitative estimate of drug-likeness (QED) is 0.377. The predicted molar refractivity (Wildman–Crippen MR) is 145 cm³/mol. The lowest BCUT2D eigenvalue weighted by Gasteiger charge is -2.36. The van der Waals surface area contributed by atoms with Crippen LogP contribution in [-0.4, -0.2) is 92.7 Å². The Bertz CT molecular complexity index is 1500. The molecule has 42 heavy (non-hydrogen) atoms. The number of carbonyl (C=O) groups excluding carboxylic acids is 2. The van der Waals surface area contributed by atoms with Crippen LogP contribution in [0.2, 0.25) is 0 Å². The van der Waals surface area contributed by atoms with Gasteiger partial charge in [0.25, 0.3) is 5.91 Å². The van der Waals surface area contributed by atoms with Crippen LogP contribution in [0.3, 0.4) is 0 Å². The Labute approximate surface area is 239 Å². The molecule has 0 spiro atoms. The molecular formula is C27H32F3N9O3. The summed E-state index contributed by atoms with van der Waals surface area (Å²) < 4.78 is 48.4. The summed E-state index contributed by atoms with van der Waals surface area (Å²) in [6, 6.07) is 2.48. The summed E-state index contributed by atoms with van der Waals surface area (Å²) >= 11 is 0. The molecule has 0 radical (unpaired) electrons. The molecule has 3 fully saturated rings. The summed E-state index contributed by atoms with van der Waals surface area (Å²) in [7, 11) is 1.37. The molecule has 3 aliphatic rings. The van der Waals surface area contributed by atoms with Crippen LogP contribution in [0.15, 0.2) is 24.7 Å². The van der Waals surface area contributed by atoms with Gasteiger partial charge >= 0.3 is 0 Å². The first-order chi connectivity index (χ1) is 20.1. The molecule has 2 aliphatic heterocycles. The fourth-order valence-electron chi connectivity index (χ4n) is 5.89. The van der Waals surface area contributed by atoms with Crippen molar-refractivity contribution >= 4 is 23.1 Å². The summed E-state index contributed by atoms with van der Waals surface area (Å²) in [4.78, 5) is 35.6. The number of anilines is 1. The summed E-state index contributed by atoms with van der Waals surface area (Å²) in [5.41, 5.74) is 12.4. The lowest BCUT2D eigenvalue weighted by Crippen LogP contribution is -2.47. The highest BCUT2D eigenvalue weighted by molar-refractivity contribution is 5.98. The van der Waals surface area contributed by atoms with Gasteiger partial charge in [0, 0.05) is 56.7 Å². The van der Waals surface area contributed by atoms with Gasteiger partial charge in [-0.1, -0.05) is 0 Å². The van der Waals surface area contributed by atoms with E-state index in [1.807, 2.05) is 6.07 Å². The third-order valence-electron chi connectivity index (χ3n) is 8.11. The first kappa shape index (κ1) is 28.2. The molecule has 1 aliphatic carbocycles. The standard InChI is InChI=1S/C27H32F3N9O3/c1-42-25-18(24(40)36-20-13-37(12-19(20)28)26(41)17-8-27(29,30)9-17)6-15(10-32-25)21-7-16(11-38-5-3-2-4-34-38)22-23(31)33-14-35-39(21)22/h6-7,10,14,17,19-20,34H,2-5,8-9,11-13H2,1H3,(H,36,40)(H2,31,33,35). The van der Waals surface area contributed by atoms with Crippen molar-refractivity contribution in [3.05, 3.63) is 35.8 Å². The lowest BCUT2D eigenvalue weighted by atomic mass is 9.80. The number of hydrazine groups is 1. The largest absolute Gasteiger partial charge is 0.480 e. The first-order valence-corrected chi connectivity index (χ1v) is 13.9. The van der Waals surface area contributed by atoms with Gasteiger partial charge in [-0.3, -0.25) is 15.0 Å². The van der Waals surface area contributed by atoms with Crippen LogP contribution in [0.4, 0.5) is 19.0 Å². The Balaban J connectivity index is 1.24. The van der Waals surface area contributed by atoms with Crippen LogP contribution in [0.1, 0.15) is 41.6 Å². The second-order valence-corrected chi connectivity index (χ2v) is 11.1. The van der Waals surface area contributed by atoms with Gasteiger partial charge in [0.1, 0.15) is 23.6 Å². The highest BCUT2D eigenvalue weighted by Crippen LogP contribution is 2.43. The number of nitrogens with zero attached hydrogens (tertiary/aromatic N) is 6. The van der Waals surface area contributed by atoms with Crippen molar-refractivity contribution in [2.45, 2.75) is 50.4 Å². The van der Waals surface area contributed by atoms with Crippen LogP contribution in [-0.2, 0) is 11.3 Å². The number of hydrogen-bond donors (Lipinski definition) is 3. The predicted octanol–water partition coefficient (Wildman–Crippen LogP) is 1.81. The molecule has 1 saturated carbocycles. The molecule has 2 atom stereocenters. The molecule has 3 aromatic heterocycles. The topological polar surface area (TPSA) is 143 Å². The molecule has 2 unspecified atom stereocenters. The molecule has 3 aromatic rings. The highest BCUT2D eigenvalue weighted by atomic mass is 19.3. The van der Waals surface area contributed by atoms with Crippen molar-refractivity contribution in [3.63, 3.8) is 0 Å². The molecule has 2 saturated heterocycles. The molecular weight excluding hydrogens is 555 g/mol. The Morgan fingerprint density at radius 1 is 1.21 bits per heavy atom. The van der Waals surface area contributed by atoms with E-state index in [0.717, 1.165) is 31.5 Å². The summed E-state index contributed by atoms with van der Waals surface area (Å²) in [6.07, 6.45) is 2.44. The monoisotopic (exact) mass is 587 g/mol. The maximum Gasteiger partial charge on any atom is 0.257 e. The third-order valence-corrected chi connectivity index (χ3v) is 8.11. The average molecular weight is 588 g/mol. The SMILES string of the molecule is COc1ncc(-c2cc(CN3CCCCN3)c3c(N)ncnn23)cc1C(=O)NC1CN(C(=O)C2CC(F)(F)C2)CC1F. The minimum atomic E-state index is -2.86. The number of likely N-dealkylation sites (tertiary alicyclic amines) is 1. The number of aromatic nitrogens is 4. The highest BCUT2D eigenvalue weighted by Gasteiger charge is 2.51. The van der Waals surface area contributed by atoms with E-state index in [4.69, 9.17) is 10.5 Å². The fourth-order valence-corrected chi connectivity index (χ4v) is 5.89. The van der Waals surface area contributed by atoms with Gasteiger partial charge in [-0.15, -0.1) is 0 Å². The van der Waals surface area contributed by atoms with Crippen molar-refractivity contribution in [2.24, 2.45) is 5.92 Å².